The van der Waals surface area contributed by atoms with Crippen LogP contribution in [0.15, 0.2) is 46.7 Å². The molecule has 1 aromatic carbocycles. The number of carbonyl (C=O) groups excluding carboxylic acids is 2. The SMILES string of the molecule is C[C@H](NC(=O)COC(=O)CCSc1ccc(F)cc1)c1cccs1. The van der Waals surface area contributed by atoms with Gasteiger partial charge in [0.2, 0.25) is 0 Å². The highest BCUT2D eigenvalue weighted by molar-refractivity contribution is 7.99. The first-order valence-corrected chi connectivity index (χ1v) is 9.28. The standard InChI is InChI=1S/C17H18FNO3S2/c1-12(15-3-2-9-24-15)19-16(20)11-22-17(21)8-10-23-14-6-4-13(18)5-7-14/h2-7,9,12H,8,10-11H2,1H3,(H,19,20)/t12-/m0/s1. The van der Waals surface area contributed by atoms with Crippen LogP contribution in [-0.4, -0.2) is 24.2 Å². The number of carbonyl (C=O) groups is 2. The van der Waals surface area contributed by atoms with E-state index in [1.807, 2.05) is 24.4 Å². The van der Waals surface area contributed by atoms with E-state index in [2.05, 4.69) is 5.32 Å². The van der Waals surface area contributed by atoms with Gasteiger partial charge in [-0.25, -0.2) is 4.39 Å². The first-order valence-electron chi connectivity index (χ1n) is 7.41. The van der Waals surface area contributed by atoms with Crippen LogP contribution in [0.4, 0.5) is 4.39 Å². The highest BCUT2D eigenvalue weighted by atomic mass is 32.2. The van der Waals surface area contributed by atoms with Crippen LogP contribution < -0.4 is 5.32 Å². The molecule has 0 radical (unpaired) electrons. The maximum absolute atomic E-state index is 12.8. The van der Waals surface area contributed by atoms with Crippen molar-refractivity contribution in [2.75, 3.05) is 12.4 Å². The summed E-state index contributed by atoms with van der Waals surface area (Å²) in [5.41, 5.74) is 0. The van der Waals surface area contributed by atoms with Gasteiger partial charge in [-0.2, -0.15) is 0 Å². The number of rotatable bonds is 8. The zero-order chi connectivity index (χ0) is 17.4. The molecule has 7 heteroatoms. The topological polar surface area (TPSA) is 55.4 Å². The van der Waals surface area contributed by atoms with Crippen molar-refractivity contribution in [1.82, 2.24) is 5.32 Å². The number of thiophene rings is 1. The monoisotopic (exact) mass is 367 g/mol. The molecule has 0 saturated heterocycles. The van der Waals surface area contributed by atoms with Crippen LogP contribution in [0.2, 0.25) is 0 Å². The van der Waals surface area contributed by atoms with E-state index in [1.54, 1.807) is 23.5 Å². The molecule has 4 nitrogen and oxygen atoms in total. The molecule has 1 N–H and O–H groups in total. The van der Waals surface area contributed by atoms with Crippen LogP contribution in [0.25, 0.3) is 0 Å². The van der Waals surface area contributed by atoms with Gasteiger partial charge in [-0.15, -0.1) is 23.1 Å². The zero-order valence-corrected chi connectivity index (χ0v) is 14.8. The Balaban J connectivity index is 1.62. The number of hydrogen-bond donors (Lipinski definition) is 1. The minimum Gasteiger partial charge on any atom is -0.456 e. The predicted molar refractivity (Wildman–Crippen MR) is 93.6 cm³/mol. The third-order valence-corrected chi connectivity index (χ3v) is 5.17. The second kappa shape index (κ2) is 9.44. The van der Waals surface area contributed by atoms with Crippen molar-refractivity contribution in [3.05, 3.63) is 52.5 Å². The van der Waals surface area contributed by atoms with Crippen molar-refractivity contribution in [2.45, 2.75) is 24.3 Å². The lowest BCUT2D eigenvalue weighted by atomic mass is 10.3. The molecule has 0 fully saturated rings. The van der Waals surface area contributed by atoms with Gasteiger partial charge in [0.05, 0.1) is 12.5 Å². The molecule has 24 heavy (non-hydrogen) atoms. The summed E-state index contributed by atoms with van der Waals surface area (Å²) >= 11 is 2.99. The molecule has 0 aliphatic rings. The van der Waals surface area contributed by atoms with Gasteiger partial charge < -0.3 is 10.1 Å². The van der Waals surface area contributed by atoms with Crippen molar-refractivity contribution < 1.29 is 18.7 Å². The number of nitrogens with one attached hydrogen (secondary N) is 1. The molecule has 0 aliphatic carbocycles. The van der Waals surface area contributed by atoms with Crippen LogP contribution >= 0.6 is 23.1 Å². The van der Waals surface area contributed by atoms with Crippen molar-refractivity contribution in [3.8, 4) is 0 Å². The Morgan fingerprint density at radius 2 is 2.04 bits per heavy atom. The maximum atomic E-state index is 12.8. The van der Waals surface area contributed by atoms with Gasteiger partial charge in [-0.3, -0.25) is 9.59 Å². The molecule has 0 aliphatic heterocycles. The van der Waals surface area contributed by atoms with Gasteiger partial charge >= 0.3 is 5.97 Å². The van der Waals surface area contributed by atoms with Gasteiger partial charge in [0.15, 0.2) is 6.61 Å². The first kappa shape index (κ1) is 18.5. The number of hydrogen-bond acceptors (Lipinski definition) is 5. The third-order valence-electron chi connectivity index (χ3n) is 3.10. The summed E-state index contributed by atoms with van der Waals surface area (Å²) in [6.07, 6.45) is 0.190. The molecule has 1 amide bonds. The van der Waals surface area contributed by atoms with Crippen molar-refractivity contribution in [3.63, 3.8) is 0 Å². The Hall–Kier alpha value is -1.86. The molecule has 1 aromatic heterocycles. The zero-order valence-electron chi connectivity index (χ0n) is 13.2. The summed E-state index contributed by atoms with van der Waals surface area (Å²) in [5, 5.41) is 4.72. The van der Waals surface area contributed by atoms with Gasteiger partial charge in [0, 0.05) is 15.5 Å². The Morgan fingerprint density at radius 1 is 1.29 bits per heavy atom. The lowest BCUT2D eigenvalue weighted by molar-refractivity contribution is -0.148. The smallest absolute Gasteiger partial charge is 0.307 e. The predicted octanol–water partition coefficient (Wildman–Crippen LogP) is 3.79. The molecule has 2 rings (SSSR count). The van der Waals surface area contributed by atoms with Gasteiger partial charge in [0.1, 0.15) is 5.82 Å². The Morgan fingerprint density at radius 3 is 2.71 bits per heavy atom. The largest absolute Gasteiger partial charge is 0.456 e. The molecule has 1 atom stereocenters. The molecule has 128 valence electrons. The molecule has 1 heterocycles. The molecular weight excluding hydrogens is 349 g/mol. The van der Waals surface area contributed by atoms with Crippen molar-refractivity contribution in [2.24, 2.45) is 0 Å². The number of thioether (sulfide) groups is 1. The van der Waals surface area contributed by atoms with E-state index in [-0.39, 0.29) is 30.8 Å². The molecule has 2 aromatic rings. The third kappa shape index (κ3) is 6.33. The normalized spacial score (nSPS) is 11.8. The minimum atomic E-state index is -0.427. The maximum Gasteiger partial charge on any atom is 0.307 e. The van der Waals surface area contributed by atoms with Crippen LogP contribution in [0.1, 0.15) is 24.3 Å². The molecule has 0 unspecified atom stereocenters. The van der Waals surface area contributed by atoms with Gasteiger partial charge in [-0.1, -0.05) is 6.07 Å². The van der Waals surface area contributed by atoms with Crippen LogP contribution in [0, 0.1) is 5.82 Å². The van der Waals surface area contributed by atoms with E-state index in [1.165, 1.54) is 23.9 Å². The van der Waals surface area contributed by atoms with Crippen molar-refractivity contribution >= 4 is 35.0 Å². The van der Waals surface area contributed by atoms with Crippen LogP contribution in [0.5, 0.6) is 0 Å². The summed E-state index contributed by atoms with van der Waals surface area (Å²) in [4.78, 5) is 25.3. The molecular formula is C17H18FNO3S2. The lowest BCUT2D eigenvalue weighted by Gasteiger charge is -2.12. The van der Waals surface area contributed by atoms with Crippen molar-refractivity contribution in [1.29, 1.82) is 0 Å². The summed E-state index contributed by atoms with van der Waals surface area (Å²) < 4.78 is 17.7. The fourth-order valence-electron chi connectivity index (χ4n) is 1.89. The second-order valence-electron chi connectivity index (χ2n) is 5.02. The lowest BCUT2D eigenvalue weighted by Crippen LogP contribution is -2.30. The number of ether oxygens (including phenoxy) is 1. The molecule has 0 bridgehead atoms. The highest BCUT2D eigenvalue weighted by Crippen LogP contribution is 2.19. The van der Waals surface area contributed by atoms with E-state index in [0.29, 0.717) is 5.75 Å². The Labute approximate surface area is 148 Å². The Kier molecular flexibility index (Phi) is 7.27. The summed E-state index contributed by atoms with van der Waals surface area (Å²) in [5.74, 6) is -0.530. The number of amides is 1. The number of benzene rings is 1. The quantitative estimate of drug-likeness (QED) is 0.570. The van der Waals surface area contributed by atoms with Gasteiger partial charge in [0.25, 0.3) is 5.91 Å². The van der Waals surface area contributed by atoms with E-state index < -0.39 is 5.97 Å². The minimum absolute atomic E-state index is 0.106. The fraction of sp³-hybridized carbons (Fsp3) is 0.294. The Bertz CT molecular complexity index is 659. The summed E-state index contributed by atoms with van der Waals surface area (Å²) in [6, 6.07) is 9.82. The van der Waals surface area contributed by atoms with Gasteiger partial charge in [-0.05, 0) is 42.6 Å². The molecule has 0 spiro atoms. The second-order valence-corrected chi connectivity index (χ2v) is 7.17. The van der Waals surface area contributed by atoms with E-state index in [4.69, 9.17) is 4.74 Å². The highest BCUT2D eigenvalue weighted by Gasteiger charge is 2.12. The fourth-order valence-corrected chi connectivity index (χ4v) is 3.46. The van der Waals surface area contributed by atoms with Crippen LogP contribution in [-0.2, 0) is 14.3 Å². The average molecular weight is 367 g/mol. The average Bonchev–Trinajstić information content (AvgIpc) is 3.09. The van der Waals surface area contributed by atoms with E-state index in [0.717, 1.165) is 9.77 Å². The number of halogens is 1. The summed E-state index contributed by atoms with van der Waals surface area (Å²) in [6.45, 7) is 1.60. The number of esters is 1. The first-order chi connectivity index (χ1) is 11.5. The van der Waals surface area contributed by atoms with E-state index in [9.17, 15) is 14.0 Å². The molecule has 0 saturated carbocycles. The van der Waals surface area contributed by atoms with E-state index >= 15 is 0 Å². The van der Waals surface area contributed by atoms with Crippen LogP contribution in [0.3, 0.4) is 0 Å². The summed E-state index contributed by atoms with van der Waals surface area (Å²) in [7, 11) is 0.